The van der Waals surface area contributed by atoms with Crippen molar-refractivity contribution in [3.8, 4) is 0 Å². The van der Waals surface area contributed by atoms with Crippen LogP contribution < -0.4 is 4.90 Å². The fraction of sp³-hybridized carbons (Fsp3) is 0.375. The van der Waals surface area contributed by atoms with Crippen molar-refractivity contribution < 1.29 is 22.8 Å². The minimum absolute atomic E-state index is 0.0126. The van der Waals surface area contributed by atoms with Gasteiger partial charge < -0.3 is 0 Å². The Morgan fingerprint density at radius 3 is 2.14 bits per heavy atom. The number of fused-ring (bicyclic) bond motifs is 5. The highest BCUT2D eigenvalue weighted by molar-refractivity contribution is 6.22. The molecule has 2 fully saturated rings. The van der Waals surface area contributed by atoms with Crippen molar-refractivity contribution >= 4 is 17.5 Å². The minimum Gasteiger partial charge on any atom is -0.274 e. The van der Waals surface area contributed by atoms with Gasteiger partial charge in [0, 0.05) is 0 Å². The Labute approximate surface area is 124 Å². The molecular formula is C16H12F3NO2. The number of rotatable bonds is 1. The van der Waals surface area contributed by atoms with Gasteiger partial charge >= 0.3 is 6.18 Å². The zero-order valence-electron chi connectivity index (χ0n) is 11.4. The summed E-state index contributed by atoms with van der Waals surface area (Å²) in [6, 6.07) is 4.40. The lowest BCUT2D eigenvalue weighted by Gasteiger charge is -2.18. The second kappa shape index (κ2) is 4.21. The van der Waals surface area contributed by atoms with E-state index < -0.39 is 23.6 Å². The van der Waals surface area contributed by atoms with Crippen molar-refractivity contribution in [1.82, 2.24) is 0 Å². The number of allylic oxidation sites excluding steroid dienone is 2. The van der Waals surface area contributed by atoms with Crippen LogP contribution in [-0.2, 0) is 15.8 Å². The SMILES string of the molecule is O=C1[C@@H]2[C@H](C(=O)N1c1cccc(C(F)(F)F)c1)[C@@H]1C=C[C@H]2C1. The molecule has 2 aliphatic carbocycles. The van der Waals surface area contributed by atoms with E-state index in [1.165, 1.54) is 12.1 Å². The van der Waals surface area contributed by atoms with Gasteiger partial charge in [-0.1, -0.05) is 18.2 Å². The van der Waals surface area contributed by atoms with E-state index in [1.54, 1.807) is 0 Å². The second-order valence-electron chi connectivity index (χ2n) is 6.06. The van der Waals surface area contributed by atoms with E-state index in [1.807, 2.05) is 12.2 Å². The van der Waals surface area contributed by atoms with Gasteiger partial charge in [0.15, 0.2) is 0 Å². The van der Waals surface area contributed by atoms with Crippen molar-refractivity contribution in [2.24, 2.45) is 23.7 Å². The van der Waals surface area contributed by atoms with Gasteiger partial charge in [-0.05, 0) is 36.5 Å². The number of halogens is 3. The largest absolute Gasteiger partial charge is 0.416 e. The molecule has 1 aromatic rings. The van der Waals surface area contributed by atoms with Crippen LogP contribution in [0.4, 0.5) is 18.9 Å². The van der Waals surface area contributed by atoms with E-state index >= 15 is 0 Å². The zero-order chi connectivity index (χ0) is 15.6. The average Bonchev–Trinajstić information content (AvgIpc) is 3.12. The van der Waals surface area contributed by atoms with Crippen LogP contribution in [0.15, 0.2) is 36.4 Å². The van der Waals surface area contributed by atoms with Gasteiger partial charge in [-0.25, -0.2) is 0 Å². The number of nitrogens with zero attached hydrogens (tertiary/aromatic N) is 1. The monoisotopic (exact) mass is 307 g/mol. The highest BCUT2D eigenvalue weighted by atomic mass is 19.4. The van der Waals surface area contributed by atoms with Gasteiger partial charge in [-0.15, -0.1) is 0 Å². The summed E-state index contributed by atoms with van der Waals surface area (Å²) < 4.78 is 38.4. The summed E-state index contributed by atoms with van der Waals surface area (Å²) in [4.78, 5) is 26.0. The summed E-state index contributed by atoms with van der Waals surface area (Å²) in [5.74, 6) is -1.46. The first-order valence-electron chi connectivity index (χ1n) is 7.11. The maximum atomic E-state index is 12.8. The van der Waals surface area contributed by atoms with Gasteiger partial charge in [0.25, 0.3) is 0 Å². The summed E-state index contributed by atoms with van der Waals surface area (Å²) in [5.41, 5.74) is -0.845. The van der Waals surface area contributed by atoms with E-state index in [-0.39, 0.29) is 29.3 Å². The van der Waals surface area contributed by atoms with E-state index in [0.29, 0.717) is 0 Å². The molecule has 0 unspecified atom stereocenters. The van der Waals surface area contributed by atoms with Crippen LogP contribution in [-0.4, -0.2) is 11.8 Å². The highest BCUT2D eigenvalue weighted by Crippen LogP contribution is 2.53. The fourth-order valence-corrected chi connectivity index (χ4v) is 3.98. The van der Waals surface area contributed by atoms with Crippen LogP contribution in [0.25, 0.3) is 0 Å². The highest BCUT2D eigenvalue weighted by Gasteiger charge is 2.59. The summed E-state index contributed by atoms with van der Waals surface area (Å²) in [5, 5.41) is 0. The molecule has 1 saturated heterocycles. The molecule has 1 aliphatic heterocycles. The number of hydrogen-bond acceptors (Lipinski definition) is 2. The molecule has 114 valence electrons. The number of anilines is 1. The van der Waals surface area contributed by atoms with Crippen molar-refractivity contribution in [3.63, 3.8) is 0 Å². The van der Waals surface area contributed by atoms with Crippen molar-refractivity contribution in [2.45, 2.75) is 12.6 Å². The first kappa shape index (κ1) is 13.5. The summed E-state index contributed by atoms with van der Waals surface area (Å²) in [6.07, 6.45) is 0.195. The third-order valence-corrected chi connectivity index (χ3v) is 4.90. The lowest BCUT2D eigenvalue weighted by molar-refractivity contribution is -0.137. The van der Waals surface area contributed by atoms with E-state index in [2.05, 4.69) is 0 Å². The Bertz CT molecular complexity index is 680. The molecule has 4 atom stereocenters. The lowest BCUT2D eigenvalue weighted by Crippen LogP contribution is -2.33. The summed E-state index contributed by atoms with van der Waals surface area (Å²) >= 11 is 0. The number of carbonyl (C=O) groups is 2. The molecule has 22 heavy (non-hydrogen) atoms. The Morgan fingerprint density at radius 2 is 1.59 bits per heavy atom. The molecule has 0 N–H and O–H groups in total. The topological polar surface area (TPSA) is 37.4 Å². The zero-order valence-corrected chi connectivity index (χ0v) is 11.4. The second-order valence-corrected chi connectivity index (χ2v) is 6.06. The van der Waals surface area contributed by atoms with Gasteiger partial charge in [0.2, 0.25) is 11.8 Å². The van der Waals surface area contributed by atoms with Gasteiger partial charge in [0.1, 0.15) is 0 Å². The molecule has 2 bridgehead atoms. The Balaban J connectivity index is 1.73. The van der Waals surface area contributed by atoms with Crippen LogP contribution in [0.5, 0.6) is 0 Å². The van der Waals surface area contributed by atoms with E-state index in [4.69, 9.17) is 0 Å². The van der Waals surface area contributed by atoms with Crippen LogP contribution >= 0.6 is 0 Å². The van der Waals surface area contributed by atoms with Crippen LogP contribution in [0.2, 0.25) is 0 Å². The Morgan fingerprint density at radius 1 is 1.00 bits per heavy atom. The average molecular weight is 307 g/mol. The van der Waals surface area contributed by atoms with Gasteiger partial charge in [0.05, 0.1) is 23.1 Å². The molecule has 3 aliphatic rings. The first-order valence-corrected chi connectivity index (χ1v) is 7.11. The molecule has 2 amide bonds. The molecule has 6 heteroatoms. The maximum Gasteiger partial charge on any atom is 0.416 e. The number of hydrogen-bond donors (Lipinski definition) is 0. The molecule has 1 aromatic carbocycles. The first-order chi connectivity index (χ1) is 10.4. The third kappa shape index (κ3) is 1.69. The quantitative estimate of drug-likeness (QED) is 0.591. The van der Waals surface area contributed by atoms with Gasteiger partial charge in [-0.2, -0.15) is 13.2 Å². The predicted octanol–water partition coefficient (Wildman–Crippen LogP) is 3.02. The number of imide groups is 1. The number of benzene rings is 1. The maximum absolute atomic E-state index is 12.8. The number of carbonyl (C=O) groups excluding carboxylic acids is 2. The van der Waals surface area contributed by atoms with Crippen molar-refractivity contribution in [2.75, 3.05) is 4.90 Å². The molecule has 0 spiro atoms. The number of alkyl halides is 3. The molecule has 1 saturated carbocycles. The van der Waals surface area contributed by atoms with Crippen molar-refractivity contribution in [1.29, 1.82) is 0 Å². The Hall–Kier alpha value is -2.11. The molecule has 3 nitrogen and oxygen atoms in total. The summed E-state index contributed by atoms with van der Waals surface area (Å²) in [7, 11) is 0. The van der Waals surface area contributed by atoms with Gasteiger partial charge in [-0.3, -0.25) is 14.5 Å². The van der Waals surface area contributed by atoms with Crippen LogP contribution in [0.3, 0.4) is 0 Å². The molecule has 0 aromatic heterocycles. The lowest BCUT2D eigenvalue weighted by atomic mass is 9.85. The van der Waals surface area contributed by atoms with E-state index in [0.717, 1.165) is 23.5 Å². The molecule has 4 rings (SSSR count). The summed E-state index contributed by atoms with van der Waals surface area (Å²) in [6.45, 7) is 0. The van der Waals surface area contributed by atoms with Crippen molar-refractivity contribution in [3.05, 3.63) is 42.0 Å². The third-order valence-electron chi connectivity index (χ3n) is 4.90. The minimum atomic E-state index is -4.50. The van der Waals surface area contributed by atoms with Crippen LogP contribution in [0, 0.1) is 23.7 Å². The fourth-order valence-electron chi connectivity index (χ4n) is 3.98. The predicted molar refractivity (Wildman–Crippen MR) is 71.7 cm³/mol. The molecule has 0 radical (unpaired) electrons. The normalized spacial score (nSPS) is 33.0. The number of amides is 2. The smallest absolute Gasteiger partial charge is 0.274 e. The van der Waals surface area contributed by atoms with Crippen LogP contribution in [0.1, 0.15) is 12.0 Å². The molecular weight excluding hydrogens is 295 g/mol. The molecule has 1 heterocycles. The Kier molecular flexibility index (Phi) is 2.59. The standard InChI is InChI=1S/C16H12F3NO2/c17-16(18,19)10-2-1-3-11(7-10)20-14(21)12-8-4-5-9(6-8)13(12)15(20)22/h1-5,7-9,12-13H,6H2/t8-,9+,12-,13+. The van der Waals surface area contributed by atoms with E-state index in [9.17, 15) is 22.8 Å².